The van der Waals surface area contributed by atoms with E-state index in [-0.39, 0.29) is 23.8 Å². The second-order valence-corrected chi connectivity index (χ2v) is 7.30. The number of hydrogen-bond donors (Lipinski definition) is 1. The average molecular weight is 386 g/mol. The van der Waals surface area contributed by atoms with Crippen molar-refractivity contribution in [2.24, 2.45) is 0 Å². The Balaban J connectivity index is 1.80. The Bertz CT molecular complexity index is 1250. The molecule has 2 heterocycles. The number of hydrogen-bond acceptors (Lipinski definition) is 3. The van der Waals surface area contributed by atoms with Crippen molar-refractivity contribution < 1.29 is 9.21 Å². The number of aromatic amines is 1. The average Bonchev–Trinajstić information content (AvgIpc) is 3.24. The zero-order valence-electron chi connectivity index (χ0n) is 16.7. The topological polar surface area (TPSA) is 66.3 Å². The lowest BCUT2D eigenvalue weighted by atomic mass is 10.1. The number of nitrogens with zero attached hydrogens (tertiary/aromatic N) is 1. The second kappa shape index (κ2) is 7.43. The van der Waals surface area contributed by atoms with Crippen molar-refractivity contribution in [3.8, 4) is 0 Å². The summed E-state index contributed by atoms with van der Waals surface area (Å²) in [5, 5.41) is 0.935. The van der Waals surface area contributed by atoms with Crippen LogP contribution in [0.15, 0.2) is 70.1 Å². The van der Waals surface area contributed by atoms with E-state index >= 15 is 0 Å². The number of pyridine rings is 1. The Labute approximate surface area is 168 Å². The van der Waals surface area contributed by atoms with E-state index in [2.05, 4.69) is 4.98 Å². The van der Waals surface area contributed by atoms with Gasteiger partial charge in [-0.2, -0.15) is 0 Å². The molecule has 0 spiro atoms. The van der Waals surface area contributed by atoms with Crippen LogP contribution in [-0.2, 0) is 6.54 Å². The van der Waals surface area contributed by atoms with Gasteiger partial charge in [0.2, 0.25) is 0 Å². The maximum absolute atomic E-state index is 13.2. The predicted molar refractivity (Wildman–Crippen MR) is 114 cm³/mol. The summed E-state index contributed by atoms with van der Waals surface area (Å²) in [6, 6.07) is 16.8. The van der Waals surface area contributed by atoms with Gasteiger partial charge in [0, 0.05) is 11.3 Å². The minimum atomic E-state index is -0.290. The molecule has 0 fully saturated rings. The Morgan fingerprint density at radius 3 is 2.52 bits per heavy atom. The summed E-state index contributed by atoms with van der Waals surface area (Å²) < 4.78 is 5.33. The number of anilines is 1. The molecule has 5 heteroatoms. The number of aromatic nitrogens is 1. The number of benzene rings is 2. The minimum Gasteiger partial charge on any atom is -0.459 e. The van der Waals surface area contributed by atoms with Gasteiger partial charge < -0.3 is 14.3 Å². The molecule has 0 bridgehead atoms. The smallest absolute Gasteiger partial charge is 0.294 e. The van der Waals surface area contributed by atoms with Crippen LogP contribution in [0.3, 0.4) is 0 Å². The highest BCUT2D eigenvalue weighted by Gasteiger charge is 2.22. The summed E-state index contributed by atoms with van der Waals surface area (Å²) in [6.07, 6.45) is 1.47. The van der Waals surface area contributed by atoms with Crippen LogP contribution < -0.4 is 10.5 Å². The van der Waals surface area contributed by atoms with E-state index in [9.17, 15) is 9.59 Å². The molecule has 29 heavy (non-hydrogen) atoms. The molecular weight excluding hydrogens is 364 g/mol. The number of furan rings is 1. The molecule has 4 aromatic rings. The first-order valence-corrected chi connectivity index (χ1v) is 9.48. The molecular formula is C24H22N2O3. The molecule has 0 atom stereocenters. The number of rotatable bonds is 4. The van der Waals surface area contributed by atoms with Crippen molar-refractivity contribution in [3.05, 3.63) is 99.2 Å². The minimum absolute atomic E-state index is 0.140. The van der Waals surface area contributed by atoms with E-state index < -0.39 is 0 Å². The van der Waals surface area contributed by atoms with Crippen molar-refractivity contribution >= 4 is 22.5 Å². The molecule has 0 aliphatic carbocycles. The highest BCUT2D eigenvalue weighted by atomic mass is 16.3. The van der Waals surface area contributed by atoms with Gasteiger partial charge in [-0.25, -0.2) is 0 Å². The van der Waals surface area contributed by atoms with E-state index in [1.54, 1.807) is 17.0 Å². The third-order valence-corrected chi connectivity index (χ3v) is 5.27. The summed E-state index contributed by atoms with van der Waals surface area (Å²) >= 11 is 0. The van der Waals surface area contributed by atoms with Gasteiger partial charge in [-0.15, -0.1) is 0 Å². The van der Waals surface area contributed by atoms with Gasteiger partial charge >= 0.3 is 0 Å². The van der Waals surface area contributed by atoms with Crippen LogP contribution in [0.5, 0.6) is 0 Å². The van der Waals surface area contributed by atoms with Crippen molar-refractivity contribution in [1.29, 1.82) is 0 Å². The molecule has 2 aromatic carbocycles. The molecule has 1 N–H and O–H groups in total. The van der Waals surface area contributed by atoms with Gasteiger partial charge in [-0.1, -0.05) is 24.3 Å². The number of para-hydroxylation sites is 1. The van der Waals surface area contributed by atoms with Gasteiger partial charge in [0.05, 0.1) is 18.3 Å². The fourth-order valence-electron chi connectivity index (χ4n) is 3.42. The predicted octanol–water partition coefficient (Wildman–Crippen LogP) is 4.89. The van der Waals surface area contributed by atoms with Crippen molar-refractivity contribution in [3.63, 3.8) is 0 Å². The number of carbonyl (C=O) groups excluding carboxylic acids is 1. The fourth-order valence-corrected chi connectivity index (χ4v) is 3.42. The van der Waals surface area contributed by atoms with Crippen LogP contribution >= 0.6 is 0 Å². The summed E-state index contributed by atoms with van der Waals surface area (Å²) in [5.41, 5.74) is 5.06. The maximum Gasteiger partial charge on any atom is 0.294 e. The van der Waals surface area contributed by atoms with Gasteiger partial charge in [-0.3, -0.25) is 9.59 Å². The molecule has 0 radical (unpaired) electrons. The summed E-state index contributed by atoms with van der Waals surface area (Å²) in [4.78, 5) is 30.5. The Morgan fingerprint density at radius 1 is 0.966 bits per heavy atom. The molecule has 5 nitrogen and oxygen atoms in total. The molecule has 146 valence electrons. The molecule has 1 amide bonds. The normalized spacial score (nSPS) is 11.0. The van der Waals surface area contributed by atoms with Gasteiger partial charge in [0.1, 0.15) is 0 Å². The van der Waals surface area contributed by atoms with Gasteiger partial charge in [-0.05, 0) is 73.2 Å². The monoisotopic (exact) mass is 386 g/mol. The zero-order chi connectivity index (χ0) is 20.5. The van der Waals surface area contributed by atoms with E-state index in [0.717, 1.165) is 33.3 Å². The zero-order valence-corrected chi connectivity index (χ0v) is 16.7. The first kappa shape index (κ1) is 18.7. The van der Waals surface area contributed by atoms with E-state index in [1.165, 1.54) is 6.26 Å². The lowest BCUT2D eigenvalue weighted by Gasteiger charge is -2.23. The molecule has 0 aliphatic heterocycles. The van der Waals surface area contributed by atoms with Crippen LogP contribution in [-0.4, -0.2) is 10.9 Å². The molecule has 0 saturated carbocycles. The highest BCUT2D eigenvalue weighted by molar-refractivity contribution is 6.04. The van der Waals surface area contributed by atoms with E-state index in [4.69, 9.17) is 4.42 Å². The van der Waals surface area contributed by atoms with Crippen LogP contribution in [0, 0.1) is 20.8 Å². The lowest BCUT2D eigenvalue weighted by Crippen LogP contribution is -2.32. The van der Waals surface area contributed by atoms with Gasteiger partial charge in [0.25, 0.3) is 11.5 Å². The number of fused-ring (bicyclic) bond motifs is 1. The van der Waals surface area contributed by atoms with E-state index in [1.807, 2.05) is 63.2 Å². The largest absolute Gasteiger partial charge is 0.459 e. The van der Waals surface area contributed by atoms with E-state index in [0.29, 0.717) is 5.56 Å². The highest BCUT2D eigenvalue weighted by Crippen LogP contribution is 2.24. The number of amides is 1. The number of H-pyrrole nitrogens is 1. The fraction of sp³-hybridized carbons (Fsp3) is 0.167. The maximum atomic E-state index is 13.2. The van der Waals surface area contributed by atoms with Crippen LogP contribution in [0.2, 0.25) is 0 Å². The number of nitrogens with one attached hydrogen (secondary N) is 1. The van der Waals surface area contributed by atoms with Gasteiger partial charge in [0.15, 0.2) is 5.76 Å². The van der Waals surface area contributed by atoms with Crippen LogP contribution in [0.1, 0.15) is 32.8 Å². The Hall–Kier alpha value is -3.60. The molecule has 2 aromatic heterocycles. The van der Waals surface area contributed by atoms with Crippen molar-refractivity contribution in [2.75, 3.05) is 4.90 Å². The Kier molecular flexibility index (Phi) is 4.80. The quantitative estimate of drug-likeness (QED) is 0.543. The summed E-state index contributed by atoms with van der Waals surface area (Å²) in [6.45, 7) is 6.12. The first-order valence-electron chi connectivity index (χ1n) is 9.48. The summed E-state index contributed by atoms with van der Waals surface area (Å²) in [5.74, 6) is -0.0571. The standard InChI is InChI=1S/C24H22N2O3/c1-15-9-10-20(12-17(15)3)26(24(28)21-8-5-11-29-21)14-19-13-18-7-4-6-16(2)22(18)25-23(19)27/h4-13H,14H2,1-3H3,(H,25,27). The summed E-state index contributed by atoms with van der Waals surface area (Å²) in [7, 11) is 0. The Morgan fingerprint density at radius 2 is 1.79 bits per heavy atom. The van der Waals surface area contributed by atoms with Crippen molar-refractivity contribution in [2.45, 2.75) is 27.3 Å². The van der Waals surface area contributed by atoms with Crippen LogP contribution in [0.4, 0.5) is 5.69 Å². The second-order valence-electron chi connectivity index (χ2n) is 7.30. The van der Waals surface area contributed by atoms with Crippen molar-refractivity contribution in [1.82, 2.24) is 4.98 Å². The lowest BCUT2D eigenvalue weighted by molar-refractivity contribution is 0.0958. The molecule has 0 aliphatic rings. The van der Waals surface area contributed by atoms with Crippen LogP contribution in [0.25, 0.3) is 10.9 Å². The number of aryl methyl sites for hydroxylation is 3. The molecule has 0 unspecified atom stereocenters. The molecule has 0 saturated heterocycles. The third kappa shape index (κ3) is 3.59. The first-order chi connectivity index (χ1) is 13.9. The third-order valence-electron chi connectivity index (χ3n) is 5.27. The SMILES string of the molecule is Cc1ccc(N(Cc2cc3cccc(C)c3[nH]c2=O)C(=O)c2ccco2)cc1C. The number of carbonyl (C=O) groups is 1. The molecule has 4 rings (SSSR count).